The van der Waals surface area contributed by atoms with Crippen molar-refractivity contribution in [3.63, 3.8) is 0 Å². The summed E-state index contributed by atoms with van der Waals surface area (Å²) >= 11 is 1.57. The van der Waals surface area contributed by atoms with Crippen molar-refractivity contribution in [2.75, 3.05) is 13.1 Å². The molecule has 0 saturated carbocycles. The standard InChI is InChI=1S/C14H21N3O3S/c1-9-4-6-17(11(7-9)13(18)19)14(20)15-5-3-12-16-10(2)8-21-12/h8-9,11H,3-7H2,1-2H3,(H,15,20)(H,18,19). The lowest BCUT2D eigenvalue weighted by atomic mass is 9.93. The molecule has 0 radical (unpaired) electrons. The van der Waals surface area contributed by atoms with Crippen molar-refractivity contribution in [2.24, 2.45) is 5.92 Å². The number of carbonyl (C=O) groups is 2. The molecule has 1 aliphatic heterocycles. The number of urea groups is 1. The first-order valence-corrected chi connectivity index (χ1v) is 8.03. The first-order valence-electron chi connectivity index (χ1n) is 7.15. The molecule has 0 aromatic carbocycles. The number of aryl methyl sites for hydroxylation is 1. The van der Waals surface area contributed by atoms with Gasteiger partial charge in [0.2, 0.25) is 0 Å². The molecule has 2 unspecified atom stereocenters. The number of carboxylic acid groups (broad SMARTS) is 1. The molecule has 1 aliphatic rings. The molecule has 1 aromatic heterocycles. The number of hydrogen-bond donors (Lipinski definition) is 2. The maximum atomic E-state index is 12.1. The van der Waals surface area contributed by atoms with E-state index in [0.717, 1.165) is 17.1 Å². The number of nitrogens with one attached hydrogen (secondary N) is 1. The predicted molar refractivity (Wildman–Crippen MR) is 80.5 cm³/mol. The number of amides is 2. The van der Waals surface area contributed by atoms with Gasteiger partial charge in [0.1, 0.15) is 6.04 Å². The molecule has 2 rings (SSSR count). The summed E-state index contributed by atoms with van der Waals surface area (Å²) in [5.41, 5.74) is 0.984. The van der Waals surface area contributed by atoms with Crippen molar-refractivity contribution in [1.82, 2.24) is 15.2 Å². The molecule has 1 saturated heterocycles. The third kappa shape index (κ3) is 4.17. The van der Waals surface area contributed by atoms with Gasteiger partial charge in [0.15, 0.2) is 0 Å². The van der Waals surface area contributed by atoms with Crippen LogP contribution in [0.2, 0.25) is 0 Å². The van der Waals surface area contributed by atoms with Crippen LogP contribution in [-0.4, -0.2) is 46.1 Å². The molecule has 116 valence electrons. The summed E-state index contributed by atoms with van der Waals surface area (Å²) in [5.74, 6) is -0.583. The van der Waals surface area contributed by atoms with Gasteiger partial charge in [0.05, 0.1) is 5.01 Å². The number of aliphatic carboxylic acids is 1. The summed E-state index contributed by atoms with van der Waals surface area (Å²) in [7, 11) is 0. The van der Waals surface area contributed by atoms with Crippen LogP contribution < -0.4 is 5.32 Å². The third-order valence-electron chi connectivity index (χ3n) is 3.69. The lowest BCUT2D eigenvalue weighted by Crippen LogP contribution is -2.53. The molecular weight excluding hydrogens is 290 g/mol. The van der Waals surface area contributed by atoms with Gasteiger partial charge in [-0.05, 0) is 25.7 Å². The Labute approximate surface area is 128 Å². The fourth-order valence-electron chi connectivity index (χ4n) is 2.51. The lowest BCUT2D eigenvalue weighted by Gasteiger charge is -2.35. The Hall–Kier alpha value is -1.63. The summed E-state index contributed by atoms with van der Waals surface area (Å²) in [4.78, 5) is 29.2. The van der Waals surface area contributed by atoms with Gasteiger partial charge in [-0.2, -0.15) is 0 Å². The highest BCUT2D eigenvalue weighted by Gasteiger charge is 2.34. The summed E-state index contributed by atoms with van der Waals surface area (Å²) in [6.07, 6.45) is 2.05. The average Bonchev–Trinajstić information content (AvgIpc) is 2.84. The van der Waals surface area contributed by atoms with Gasteiger partial charge in [0, 0.05) is 30.6 Å². The van der Waals surface area contributed by atoms with E-state index in [2.05, 4.69) is 10.3 Å². The predicted octanol–water partition coefficient (Wildman–Crippen LogP) is 1.89. The van der Waals surface area contributed by atoms with Gasteiger partial charge < -0.3 is 15.3 Å². The number of hydrogen-bond acceptors (Lipinski definition) is 4. The van der Waals surface area contributed by atoms with Crippen LogP contribution in [0.5, 0.6) is 0 Å². The highest BCUT2D eigenvalue weighted by Crippen LogP contribution is 2.22. The smallest absolute Gasteiger partial charge is 0.326 e. The van der Waals surface area contributed by atoms with Crippen molar-refractivity contribution in [1.29, 1.82) is 0 Å². The fraction of sp³-hybridized carbons (Fsp3) is 0.643. The SMILES string of the molecule is Cc1csc(CCNC(=O)N2CCC(C)CC2C(=O)O)n1. The molecule has 21 heavy (non-hydrogen) atoms. The normalized spacial score (nSPS) is 22.1. The number of carboxylic acids is 1. The van der Waals surface area contributed by atoms with Gasteiger partial charge in [-0.1, -0.05) is 6.92 Å². The number of carbonyl (C=O) groups excluding carboxylic acids is 1. The maximum absolute atomic E-state index is 12.1. The minimum atomic E-state index is -0.924. The number of nitrogens with zero attached hydrogens (tertiary/aromatic N) is 2. The second-order valence-corrected chi connectivity index (χ2v) is 6.48. The van der Waals surface area contributed by atoms with Crippen LogP contribution in [0.25, 0.3) is 0 Å². The largest absolute Gasteiger partial charge is 0.480 e. The first-order chi connectivity index (χ1) is 9.97. The topological polar surface area (TPSA) is 82.5 Å². The van der Waals surface area contributed by atoms with Crippen molar-refractivity contribution in [3.05, 3.63) is 16.1 Å². The molecular formula is C14H21N3O3S. The van der Waals surface area contributed by atoms with Crippen molar-refractivity contribution >= 4 is 23.3 Å². The average molecular weight is 311 g/mol. The minimum absolute atomic E-state index is 0.289. The van der Waals surface area contributed by atoms with Crippen LogP contribution >= 0.6 is 11.3 Å². The second-order valence-electron chi connectivity index (χ2n) is 5.54. The van der Waals surface area contributed by atoms with E-state index in [0.29, 0.717) is 31.8 Å². The van der Waals surface area contributed by atoms with Gasteiger partial charge >= 0.3 is 12.0 Å². The number of thiazole rings is 1. The van der Waals surface area contributed by atoms with Crippen molar-refractivity contribution < 1.29 is 14.7 Å². The Morgan fingerprint density at radius 2 is 2.33 bits per heavy atom. The molecule has 2 amide bonds. The van der Waals surface area contributed by atoms with Crippen LogP contribution in [-0.2, 0) is 11.2 Å². The van der Waals surface area contributed by atoms with Crippen LogP contribution in [0.1, 0.15) is 30.5 Å². The Morgan fingerprint density at radius 1 is 1.57 bits per heavy atom. The van der Waals surface area contributed by atoms with Gasteiger partial charge in [-0.25, -0.2) is 14.6 Å². The Morgan fingerprint density at radius 3 is 2.95 bits per heavy atom. The molecule has 2 heterocycles. The summed E-state index contributed by atoms with van der Waals surface area (Å²) in [5, 5.41) is 15.0. The lowest BCUT2D eigenvalue weighted by molar-refractivity contribution is -0.143. The zero-order chi connectivity index (χ0) is 15.4. The van der Waals surface area contributed by atoms with Crippen molar-refractivity contribution in [2.45, 2.75) is 39.2 Å². The number of likely N-dealkylation sites (tertiary alicyclic amines) is 1. The van der Waals surface area contributed by atoms with Crippen molar-refractivity contribution in [3.8, 4) is 0 Å². The Balaban J connectivity index is 1.85. The van der Waals surface area contributed by atoms with E-state index in [1.807, 2.05) is 19.2 Å². The first kappa shape index (κ1) is 15.8. The van der Waals surface area contributed by atoms with E-state index in [-0.39, 0.29) is 6.03 Å². The number of aromatic nitrogens is 1. The van der Waals surface area contributed by atoms with Gasteiger partial charge in [-0.15, -0.1) is 11.3 Å². The maximum Gasteiger partial charge on any atom is 0.326 e. The summed E-state index contributed by atoms with van der Waals surface area (Å²) in [6.45, 7) is 4.94. The fourth-order valence-corrected chi connectivity index (χ4v) is 3.29. The number of rotatable bonds is 4. The third-order valence-corrected chi connectivity index (χ3v) is 4.72. The Bertz CT molecular complexity index is 517. The quantitative estimate of drug-likeness (QED) is 0.889. The molecule has 2 N–H and O–H groups in total. The molecule has 0 spiro atoms. The van der Waals surface area contributed by atoms with E-state index in [1.165, 1.54) is 4.90 Å². The molecule has 1 fully saturated rings. The molecule has 7 heteroatoms. The highest BCUT2D eigenvalue weighted by molar-refractivity contribution is 7.09. The van der Waals surface area contributed by atoms with Gasteiger partial charge in [0.25, 0.3) is 0 Å². The molecule has 2 atom stereocenters. The van der Waals surface area contributed by atoms with E-state index in [9.17, 15) is 14.7 Å². The van der Waals surface area contributed by atoms with Crippen LogP contribution in [0.15, 0.2) is 5.38 Å². The monoisotopic (exact) mass is 311 g/mol. The highest BCUT2D eigenvalue weighted by atomic mass is 32.1. The Kier molecular flexibility index (Phi) is 5.17. The zero-order valence-electron chi connectivity index (χ0n) is 12.3. The van der Waals surface area contributed by atoms with Crippen LogP contribution in [0.4, 0.5) is 4.79 Å². The number of piperidine rings is 1. The van der Waals surface area contributed by atoms with E-state index in [4.69, 9.17) is 0 Å². The van der Waals surface area contributed by atoms with Gasteiger partial charge in [-0.3, -0.25) is 0 Å². The summed E-state index contributed by atoms with van der Waals surface area (Å²) < 4.78 is 0. The van der Waals surface area contributed by atoms with E-state index in [1.54, 1.807) is 11.3 Å². The van der Waals surface area contributed by atoms with E-state index < -0.39 is 12.0 Å². The zero-order valence-corrected chi connectivity index (χ0v) is 13.2. The summed E-state index contributed by atoms with van der Waals surface area (Å²) in [6, 6.07) is -1.00. The van der Waals surface area contributed by atoms with E-state index >= 15 is 0 Å². The molecule has 6 nitrogen and oxygen atoms in total. The minimum Gasteiger partial charge on any atom is -0.480 e. The molecule has 1 aromatic rings. The van der Waals surface area contributed by atoms with Crippen LogP contribution in [0.3, 0.4) is 0 Å². The van der Waals surface area contributed by atoms with Crippen LogP contribution in [0, 0.1) is 12.8 Å². The molecule has 0 aliphatic carbocycles. The second kappa shape index (κ2) is 6.89. The molecule has 0 bridgehead atoms.